The van der Waals surface area contributed by atoms with E-state index in [-0.39, 0.29) is 0 Å². The summed E-state index contributed by atoms with van der Waals surface area (Å²) in [5.41, 5.74) is -0.226. The molecule has 0 heterocycles. The highest BCUT2D eigenvalue weighted by atomic mass is 28.4. The average Bonchev–Trinajstić information content (AvgIpc) is 2.80. The molecule has 1 aliphatic rings. The van der Waals surface area contributed by atoms with Crippen molar-refractivity contribution in [2.24, 2.45) is 0 Å². The van der Waals surface area contributed by atoms with Crippen molar-refractivity contribution in [3.8, 4) is 12.3 Å². The Kier molecular flexibility index (Phi) is 4.57. The largest absolute Gasteiger partial charge is 0.504 e. The van der Waals surface area contributed by atoms with E-state index in [2.05, 4.69) is 5.92 Å². The highest BCUT2D eigenvalue weighted by Gasteiger charge is 2.51. The van der Waals surface area contributed by atoms with Crippen LogP contribution in [0, 0.1) is 12.3 Å². The molecule has 1 saturated carbocycles. The maximum atomic E-state index is 6.02. The van der Waals surface area contributed by atoms with Crippen molar-refractivity contribution in [2.45, 2.75) is 50.7 Å². The molecular formula is C12H22O3Si. The van der Waals surface area contributed by atoms with Crippen molar-refractivity contribution in [1.82, 2.24) is 0 Å². The summed E-state index contributed by atoms with van der Waals surface area (Å²) in [7, 11) is 0.725. The molecule has 3 nitrogen and oxygen atoms in total. The Morgan fingerprint density at radius 3 is 2.06 bits per heavy atom. The molecule has 0 atom stereocenters. The van der Waals surface area contributed by atoms with Crippen LogP contribution < -0.4 is 0 Å². The SMILES string of the molecule is C#CC(C)(C)O[Si](OC)(OC)C1CCCC1. The lowest BCUT2D eigenvalue weighted by Gasteiger charge is -2.36. The maximum Gasteiger partial charge on any atom is 0.504 e. The average molecular weight is 242 g/mol. The molecule has 0 saturated heterocycles. The first-order valence-electron chi connectivity index (χ1n) is 5.78. The van der Waals surface area contributed by atoms with Gasteiger partial charge in [-0.2, -0.15) is 0 Å². The summed E-state index contributed by atoms with van der Waals surface area (Å²) in [5, 5.41) is 0. The summed E-state index contributed by atoms with van der Waals surface area (Å²) in [6, 6.07) is 0. The highest BCUT2D eigenvalue weighted by Crippen LogP contribution is 2.41. The van der Waals surface area contributed by atoms with Crippen molar-refractivity contribution in [2.75, 3.05) is 14.2 Å². The molecule has 0 unspecified atom stereocenters. The summed E-state index contributed by atoms with van der Waals surface area (Å²) < 4.78 is 17.2. The van der Waals surface area contributed by atoms with Gasteiger partial charge in [0.2, 0.25) is 0 Å². The van der Waals surface area contributed by atoms with Crippen LogP contribution in [0.15, 0.2) is 0 Å². The fourth-order valence-electron chi connectivity index (χ4n) is 2.25. The van der Waals surface area contributed by atoms with E-state index in [0.29, 0.717) is 5.54 Å². The Morgan fingerprint density at radius 1 is 1.19 bits per heavy atom. The van der Waals surface area contributed by atoms with Crippen LogP contribution in [-0.2, 0) is 13.3 Å². The predicted octanol–water partition coefficient (Wildman–Crippen LogP) is 2.59. The van der Waals surface area contributed by atoms with E-state index < -0.39 is 14.4 Å². The zero-order valence-electron chi connectivity index (χ0n) is 10.7. The zero-order chi connectivity index (χ0) is 12.2. The monoisotopic (exact) mass is 242 g/mol. The lowest BCUT2D eigenvalue weighted by atomic mass is 10.2. The number of hydrogen-bond acceptors (Lipinski definition) is 3. The van der Waals surface area contributed by atoms with Crippen molar-refractivity contribution in [3.05, 3.63) is 0 Å². The lowest BCUT2D eigenvalue weighted by Crippen LogP contribution is -2.52. The van der Waals surface area contributed by atoms with Gasteiger partial charge in [0.15, 0.2) is 0 Å². The molecule has 4 heteroatoms. The van der Waals surface area contributed by atoms with Gasteiger partial charge in [-0.1, -0.05) is 18.8 Å². The summed E-state index contributed by atoms with van der Waals surface area (Å²) in [4.78, 5) is 0. The first-order chi connectivity index (χ1) is 7.49. The normalized spacial score (nSPS) is 18.7. The fraction of sp³-hybridized carbons (Fsp3) is 0.833. The van der Waals surface area contributed by atoms with Crippen molar-refractivity contribution in [3.63, 3.8) is 0 Å². The molecule has 0 radical (unpaired) electrons. The van der Waals surface area contributed by atoms with E-state index in [4.69, 9.17) is 19.7 Å². The molecule has 1 rings (SSSR count). The second-order valence-electron chi connectivity index (χ2n) is 4.75. The van der Waals surface area contributed by atoms with E-state index in [1.165, 1.54) is 12.8 Å². The molecule has 0 aliphatic heterocycles. The zero-order valence-corrected chi connectivity index (χ0v) is 11.7. The van der Waals surface area contributed by atoms with E-state index in [1.54, 1.807) is 14.2 Å². The second kappa shape index (κ2) is 5.33. The van der Waals surface area contributed by atoms with Gasteiger partial charge in [0.25, 0.3) is 0 Å². The topological polar surface area (TPSA) is 27.7 Å². The quantitative estimate of drug-likeness (QED) is 0.548. The van der Waals surface area contributed by atoms with Crippen LogP contribution in [0.5, 0.6) is 0 Å². The molecule has 0 bridgehead atoms. The minimum atomic E-state index is -2.61. The van der Waals surface area contributed by atoms with E-state index >= 15 is 0 Å². The summed E-state index contributed by atoms with van der Waals surface area (Å²) in [6.45, 7) is 3.75. The minimum Gasteiger partial charge on any atom is -0.377 e. The van der Waals surface area contributed by atoms with Crippen molar-refractivity contribution < 1.29 is 13.3 Å². The van der Waals surface area contributed by atoms with Crippen molar-refractivity contribution >= 4 is 8.80 Å². The van der Waals surface area contributed by atoms with Gasteiger partial charge in [0, 0.05) is 19.8 Å². The molecule has 0 N–H and O–H groups in total. The Labute approximate surface area is 99.8 Å². The molecule has 16 heavy (non-hydrogen) atoms. The first kappa shape index (κ1) is 13.7. The van der Waals surface area contributed by atoms with Crippen LogP contribution in [0.3, 0.4) is 0 Å². The van der Waals surface area contributed by atoms with Crippen molar-refractivity contribution in [1.29, 1.82) is 0 Å². The number of terminal acetylenes is 1. The van der Waals surface area contributed by atoms with Gasteiger partial charge in [0.05, 0.1) is 0 Å². The Morgan fingerprint density at radius 2 is 1.69 bits per heavy atom. The van der Waals surface area contributed by atoms with Crippen LogP contribution in [0.4, 0.5) is 0 Å². The Balaban J connectivity index is 2.83. The van der Waals surface area contributed by atoms with E-state index in [9.17, 15) is 0 Å². The van der Waals surface area contributed by atoms with Gasteiger partial charge in [-0.05, 0) is 26.7 Å². The van der Waals surface area contributed by atoms with Crippen LogP contribution in [0.2, 0.25) is 5.54 Å². The molecular weight excluding hydrogens is 220 g/mol. The molecule has 0 aromatic heterocycles. The Bertz CT molecular complexity index is 260. The summed E-state index contributed by atoms with van der Waals surface area (Å²) in [6.07, 6.45) is 10.2. The van der Waals surface area contributed by atoms with Gasteiger partial charge < -0.3 is 13.3 Å². The first-order valence-corrected chi connectivity index (χ1v) is 7.58. The molecule has 0 aromatic rings. The maximum absolute atomic E-state index is 6.02. The van der Waals surface area contributed by atoms with Crippen LogP contribution >= 0.6 is 0 Å². The highest BCUT2D eigenvalue weighted by molar-refractivity contribution is 6.62. The molecule has 1 fully saturated rings. The Hall–Kier alpha value is -0.343. The number of rotatable bonds is 5. The fourth-order valence-corrected chi connectivity index (χ4v) is 5.30. The van der Waals surface area contributed by atoms with Crippen LogP contribution in [0.25, 0.3) is 0 Å². The third-order valence-corrected chi connectivity index (χ3v) is 6.68. The molecule has 0 spiro atoms. The molecule has 1 aliphatic carbocycles. The van der Waals surface area contributed by atoms with Gasteiger partial charge >= 0.3 is 8.80 Å². The molecule has 0 amide bonds. The number of hydrogen-bond donors (Lipinski definition) is 0. The smallest absolute Gasteiger partial charge is 0.377 e. The van der Waals surface area contributed by atoms with E-state index in [0.717, 1.165) is 12.8 Å². The van der Waals surface area contributed by atoms with Gasteiger partial charge in [-0.15, -0.1) is 6.42 Å². The van der Waals surface area contributed by atoms with Gasteiger partial charge in [-0.3, -0.25) is 0 Å². The molecule has 0 aromatic carbocycles. The van der Waals surface area contributed by atoms with Crippen LogP contribution in [0.1, 0.15) is 39.5 Å². The van der Waals surface area contributed by atoms with Gasteiger partial charge in [0.1, 0.15) is 5.60 Å². The lowest BCUT2D eigenvalue weighted by molar-refractivity contribution is 0.0297. The minimum absolute atomic E-state index is 0.398. The predicted molar refractivity (Wildman–Crippen MR) is 66.0 cm³/mol. The van der Waals surface area contributed by atoms with E-state index in [1.807, 2.05) is 13.8 Å². The second-order valence-corrected chi connectivity index (χ2v) is 7.79. The summed E-state index contributed by atoms with van der Waals surface area (Å²) >= 11 is 0. The standard InChI is InChI=1S/C12H22O3Si/c1-6-12(2,3)15-16(13-4,14-5)11-9-7-8-10-11/h1,11H,7-10H2,2-5H3. The van der Waals surface area contributed by atoms with Crippen LogP contribution in [-0.4, -0.2) is 28.6 Å². The summed E-state index contributed by atoms with van der Waals surface area (Å²) in [5.74, 6) is 2.64. The van der Waals surface area contributed by atoms with Gasteiger partial charge in [-0.25, -0.2) is 0 Å². The molecule has 92 valence electrons. The third-order valence-electron chi connectivity index (χ3n) is 3.17. The third kappa shape index (κ3) is 2.86.